The number of halogens is 3. The predicted octanol–water partition coefficient (Wildman–Crippen LogP) is 4.21. The molecule has 0 spiro atoms. The van der Waals surface area contributed by atoms with Crippen molar-refractivity contribution in [2.45, 2.75) is 6.92 Å². The average Bonchev–Trinajstić information content (AvgIpc) is 2.43. The van der Waals surface area contributed by atoms with E-state index in [1.165, 1.54) is 24.3 Å². The van der Waals surface area contributed by atoms with Gasteiger partial charge in [-0.15, -0.1) is 0 Å². The molecule has 1 aromatic carbocycles. The molecule has 0 aliphatic heterocycles. The molecule has 1 aromatic heterocycles. The number of nitrogens with one attached hydrogen (secondary N) is 2. The number of benzene rings is 1. The number of aromatic nitrogens is 1. The molecule has 21 heavy (non-hydrogen) atoms. The molecule has 0 radical (unpaired) electrons. The first-order valence-corrected chi connectivity index (χ1v) is 6.93. The van der Waals surface area contributed by atoms with E-state index in [9.17, 15) is 9.18 Å². The fourth-order valence-electron chi connectivity index (χ4n) is 1.69. The Balaban J connectivity index is 2.26. The van der Waals surface area contributed by atoms with Gasteiger partial charge in [0.1, 0.15) is 11.0 Å². The minimum Gasteiger partial charge on any atom is -0.370 e. The zero-order valence-corrected chi connectivity index (χ0v) is 12.6. The second-order valence-electron chi connectivity index (χ2n) is 4.15. The Kier molecular flexibility index (Phi) is 4.98. The molecule has 0 unspecified atom stereocenters. The number of hydrogen-bond acceptors (Lipinski definition) is 3. The first-order valence-electron chi connectivity index (χ1n) is 6.18. The van der Waals surface area contributed by atoms with Crippen LogP contribution in [0.5, 0.6) is 0 Å². The van der Waals surface area contributed by atoms with E-state index in [4.69, 9.17) is 23.2 Å². The van der Waals surface area contributed by atoms with E-state index in [1.54, 1.807) is 6.07 Å². The lowest BCUT2D eigenvalue weighted by molar-refractivity contribution is 0.102. The Bertz CT molecular complexity index is 679. The van der Waals surface area contributed by atoms with Crippen LogP contribution in [0, 0.1) is 5.82 Å². The molecule has 2 N–H and O–H groups in total. The lowest BCUT2D eigenvalue weighted by Crippen LogP contribution is -2.14. The molecule has 0 atom stereocenters. The summed E-state index contributed by atoms with van der Waals surface area (Å²) in [5, 5.41) is 5.52. The maximum atomic E-state index is 13.8. The van der Waals surface area contributed by atoms with Crippen LogP contribution >= 0.6 is 23.2 Å². The van der Waals surface area contributed by atoms with Crippen LogP contribution in [-0.2, 0) is 0 Å². The third kappa shape index (κ3) is 3.83. The van der Waals surface area contributed by atoms with E-state index >= 15 is 0 Å². The minimum absolute atomic E-state index is 0.00503. The number of carbonyl (C=O) groups excluding carboxylic acids is 1. The number of anilines is 2. The van der Waals surface area contributed by atoms with Crippen molar-refractivity contribution in [2.75, 3.05) is 17.2 Å². The first kappa shape index (κ1) is 15.5. The molecular weight excluding hydrogens is 316 g/mol. The Morgan fingerprint density at radius 3 is 2.81 bits per heavy atom. The Labute approximate surface area is 131 Å². The number of rotatable bonds is 4. The Morgan fingerprint density at radius 1 is 1.33 bits per heavy atom. The van der Waals surface area contributed by atoms with Gasteiger partial charge in [-0.2, -0.15) is 0 Å². The van der Waals surface area contributed by atoms with Gasteiger partial charge < -0.3 is 10.6 Å². The van der Waals surface area contributed by atoms with Gasteiger partial charge in [0.05, 0.1) is 10.7 Å². The lowest BCUT2D eigenvalue weighted by atomic mass is 10.2. The molecule has 4 nitrogen and oxygen atoms in total. The van der Waals surface area contributed by atoms with Crippen molar-refractivity contribution in [2.24, 2.45) is 0 Å². The first-order chi connectivity index (χ1) is 10.0. The van der Waals surface area contributed by atoms with Crippen LogP contribution in [0.4, 0.5) is 15.9 Å². The predicted molar refractivity (Wildman–Crippen MR) is 82.8 cm³/mol. The van der Waals surface area contributed by atoms with Gasteiger partial charge in [-0.25, -0.2) is 9.37 Å². The van der Waals surface area contributed by atoms with E-state index in [0.29, 0.717) is 12.4 Å². The van der Waals surface area contributed by atoms with E-state index in [1.807, 2.05) is 6.92 Å². The van der Waals surface area contributed by atoms with Gasteiger partial charge in [-0.1, -0.05) is 29.3 Å². The topological polar surface area (TPSA) is 54.0 Å². The van der Waals surface area contributed by atoms with Gasteiger partial charge in [0.15, 0.2) is 5.82 Å². The van der Waals surface area contributed by atoms with Crippen LogP contribution in [0.15, 0.2) is 30.3 Å². The van der Waals surface area contributed by atoms with Crippen LogP contribution in [0.2, 0.25) is 10.2 Å². The maximum absolute atomic E-state index is 13.8. The highest BCUT2D eigenvalue weighted by Gasteiger charge is 2.13. The minimum atomic E-state index is -0.681. The van der Waals surface area contributed by atoms with Crippen LogP contribution in [0.3, 0.4) is 0 Å². The highest BCUT2D eigenvalue weighted by Crippen LogP contribution is 2.23. The Morgan fingerprint density at radius 2 is 2.10 bits per heavy atom. The number of hydrogen-bond donors (Lipinski definition) is 2. The fraction of sp³-hybridized carbons (Fsp3) is 0.143. The molecule has 2 rings (SSSR count). The quantitative estimate of drug-likeness (QED) is 0.827. The van der Waals surface area contributed by atoms with E-state index in [-0.39, 0.29) is 21.4 Å². The van der Waals surface area contributed by atoms with Gasteiger partial charge in [0.25, 0.3) is 5.91 Å². The molecule has 7 heteroatoms. The fourth-order valence-corrected chi connectivity index (χ4v) is 2.08. The summed E-state index contributed by atoms with van der Waals surface area (Å²) in [5.41, 5.74) is 0.274. The zero-order chi connectivity index (χ0) is 15.4. The number of carbonyl (C=O) groups is 1. The summed E-state index contributed by atoms with van der Waals surface area (Å²) in [5.74, 6) is -0.707. The molecule has 1 heterocycles. The second-order valence-corrected chi connectivity index (χ2v) is 4.94. The molecule has 0 aliphatic rings. The molecule has 0 saturated carbocycles. The SMILES string of the molecule is CCNc1cc(C(=O)Nc2cccc(Cl)c2F)cc(Cl)n1. The summed E-state index contributed by atoms with van der Waals surface area (Å²) in [7, 11) is 0. The number of nitrogens with zero attached hydrogens (tertiary/aromatic N) is 1. The summed E-state index contributed by atoms with van der Waals surface area (Å²) in [6.45, 7) is 2.53. The van der Waals surface area contributed by atoms with Crippen molar-refractivity contribution in [3.05, 3.63) is 51.9 Å². The highest BCUT2D eigenvalue weighted by molar-refractivity contribution is 6.31. The molecule has 1 amide bonds. The van der Waals surface area contributed by atoms with Gasteiger partial charge in [-0.05, 0) is 31.2 Å². The molecule has 2 aromatic rings. The van der Waals surface area contributed by atoms with Gasteiger partial charge >= 0.3 is 0 Å². The van der Waals surface area contributed by atoms with E-state index in [0.717, 1.165) is 0 Å². The van der Waals surface area contributed by atoms with Gasteiger partial charge in [0.2, 0.25) is 0 Å². The number of pyridine rings is 1. The largest absolute Gasteiger partial charge is 0.370 e. The third-order valence-electron chi connectivity index (χ3n) is 2.61. The van der Waals surface area contributed by atoms with Crippen molar-refractivity contribution in [1.29, 1.82) is 0 Å². The number of amides is 1. The van der Waals surface area contributed by atoms with E-state index < -0.39 is 11.7 Å². The van der Waals surface area contributed by atoms with Crippen molar-refractivity contribution in [3.63, 3.8) is 0 Å². The smallest absolute Gasteiger partial charge is 0.255 e. The van der Waals surface area contributed by atoms with Crippen LogP contribution in [0.25, 0.3) is 0 Å². The summed E-state index contributed by atoms with van der Waals surface area (Å²) < 4.78 is 13.8. The summed E-state index contributed by atoms with van der Waals surface area (Å²) in [6.07, 6.45) is 0. The van der Waals surface area contributed by atoms with Gasteiger partial charge in [0, 0.05) is 12.1 Å². The van der Waals surface area contributed by atoms with E-state index in [2.05, 4.69) is 15.6 Å². The van der Waals surface area contributed by atoms with Gasteiger partial charge in [-0.3, -0.25) is 4.79 Å². The maximum Gasteiger partial charge on any atom is 0.255 e. The van der Waals surface area contributed by atoms with Crippen LogP contribution in [-0.4, -0.2) is 17.4 Å². The molecule has 110 valence electrons. The summed E-state index contributed by atoms with van der Waals surface area (Å²) in [4.78, 5) is 16.2. The Hall–Kier alpha value is -1.85. The van der Waals surface area contributed by atoms with Crippen LogP contribution < -0.4 is 10.6 Å². The van der Waals surface area contributed by atoms with Crippen molar-refractivity contribution in [1.82, 2.24) is 4.98 Å². The molecular formula is C14H12Cl2FN3O. The van der Waals surface area contributed by atoms with Crippen LogP contribution in [0.1, 0.15) is 17.3 Å². The average molecular weight is 328 g/mol. The normalized spacial score (nSPS) is 10.3. The standard InChI is InChI=1S/C14H12Cl2FN3O/c1-2-18-12-7-8(6-11(16)20-12)14(21)19-10-5-3-4-9(15)13(10)17/h3-7H,2H2,1H3,(H,18,20)(H,19,21). The molecule has 0 bridgehead atoms. The van der Waals surface area contributed by atoms with Crippen molar-refractivity contribution < 1.29 is 9.18 Å². The zero-order valence-electron chi connectivity index (χ0n) is 11.1. The lowest BCUT2D eigenvalue weighted by Gasteiger charge is -2.09. The summed E-state index contributed by atoms with van der Waals surface area (Å²) in [6, 6.07) is 7.31. The molecule has 0 saturated heterocycles. The molecule has 0 aliphatic carbocycles. The molecule has 0 fully saturated rings. The third-order valence-corrected chi connectivity index (χ3v) is 3.10. The summed E-state index contributed by atoms with van der Waals surface area (Å²) >= 11 is 11.5. The highest BCUT2D eigenvalue weighted by atomic mass is 35.5. The van der Waals surface area contributed by atoms with Crippen molar-refractivity contribution >= 4 is 40.6 Å². The van der Waals surface area contributed by atoms with Crippen molar-refractivity contribution in [3.8, 4) is 0 Å². The second kappa shape index (κ2) is 6.74. The monoisotopic (exact) mass is 327 g/mol.